The molecule has 0 atom stereocenters. The maximum Gasteiger partial charge on any atom is 0.260 e. The van der Waals surface area contributed by atoms with Crippen LogP contribution < -0.4 is 16.2 Å². The molecule has 3 heterocycles. The Morgan fingerprint density at radius 1 is 1.19 bits per heavy atom. The number of carbonyl (C=O) groups is 1. The number of anilines is 1. The third-order valence-electron chi connectivity index (χ3n) is 4.10. The summed E-state index contributed by atoms with van der Waals surface area (Å²) < 4.78 is 5.24. The number of carbonyl (C=O) groups excluding carboxylic acids is 1. The van der Waals surface area contributed by atoms with Crippen molar-refractivity contribution in [2.24, 2.45) is 5.73 Å². The van der Waals surface area contributed by atoms with Crippen molar-refractivity contribution in [3.8, 4) is 27.4 Å². The van der Waals surface area contributed by atoms with Crippen LogP contribution in [-0.2, 0) is 0 Å². The quantitative estimate of drug-likeness (QED) is 0.549. The summed E-state index contributed by atoms with van der Waals surface area (Å²) in [6.07, 6.45) is 0. The smallest absolute Gasteiger partial charge is 0.260 e. The van der Waals surface area contributed by atoms with Gasteiger partial charge in [0.05, 0.1) is 23.4 Å². The van der Waals surface area contributed by atoms with Gasteiger partial charge in [-0.3, -0.25) is 4.79 Å². The molecule has 4 rings (SSSR count). The van der Waals surface area contributed by atoms with Crippen LogP contribution in [0.1, 0.15) is 9.67 Å². The fourth-order valence-corrected chi connectivity index (χ4v) is 4.51. The van der Waals surface area contributed by atoms with Gasteiger partial charge in [0, 0.05) is 5.39 Å². The number of methoxy groups -OCH3 is 1. The Kier molecular flexibility index (Phi) is 4.10. The summed E-state index contributed by atoms with van der Waals surface area (Å²) in [4.78, 5) is 18.6. The molecule has 3 aromatic heterocycles. The van der Waals surface area contributed by atoms with Gasteiger partial charge in [0.2, 0.25) is 0 Å². The van der Waals surface area contributed by atoms with Crippen molar-refractivity contribution in [2.45, 2.75) is 0 Å². The SMILES string of the molecule is COc1ccc(-c2cc(-c3cccs3)nc3sc(C(N)=O)c(N)c23)cc1. The van der Waals surface area contributed by atoms with Crippen LogP contribution in [0.25, 0.3) is 31.9 Å². The van der Waals surface area contributed by atoms with Gasteiger partial charge in [-0.25, -0.2) is 4.98 Å². The van der Waals surface area contributed by atoms with Crippen LogP contribution in [0.5, 0.6) is 5.75 Å². The topological polar surface area (TPSA) is 91.2 Å². The Balaban J connectivity index is 2.02. The van der Waals surface area contributed by atoms with E-state index in [4.69, 9.17) is 21.2 Å². The van der Waals surface area contributed by atoms with Crippen molar-refractivity contribution >= 4 is 44.5 Å². The minimum atomic E-state index is -0.538. The number of nitrogen functional groups attached to an aromatic ring is 1. The number of nitrogens with zero attached hydrogens (tertiary/aromatic N) is 1. The summed E-state index contributed by atoms with van der Waals surface area (Å²) in [5.41, 5.74) is 14.9. The zero-order valence-corrected chi connectivity index (χ0v) is 15.5. The number of hydrogen-bond acceptors (Lipinski definition) is 6. The van der Waals surface area contributed by atoms with Crippen molar-refractivity contribution in [2.75, 3.05) is 12.8 Å². The second kappa shape index (κ2) is 6.44. The minimum absolute atomic E-state index is 0.339. The summed E-state index contributed by atoms with van der Waals surface area (Å²) >= 11 is 2.84. The van der Waals surface area contributed by atoms with E-state index >= 15 is 0 Å². The number of primary amides is 1. The second-order valence-corrected chi connectivity index (χ2v) is 7.60. The standard InChI is InChI=1S/C19H15N3O2S2/c1-24-11-6-4-10(5-7-11)12-9-13(14-3-2-8-25-14)22-19-15(12)16(20)17(26-19)18(21)23/h2-9H,20H2,1H3,(H2,21,23). The molecule has 7 heteroatoms. The van der Waals surface area contributed by atoms with Crippen LogP contribution in [0, 0.1) is 0 Å². The monoisotopic (exact) mass is 381 g/mol. The van der Waals surface area contributed by atoms with E-state index in [0.717, 1.165) is 32.8 Å². The highest BCUT2D eigenvalue weighted by atomic mass is 32.1. The van der Waals surface area contributed by atoms with Crippen molar-refractivity contribution in [3.05, 3.63) is 52.7 Å². The van der Waals surface area contributed by atoms with Crippen molar-refractivity contribution in [1.82, 2.24) is 4.98 Å². The molecule has 0 unspecified atom stereocenters. The predicted molar refractivity (Wildman–Crippen MR) is 108 cm³/mol. The fourth-order valence-electron chi connectivity index (χ4n) is 2.85. The molecule has 1 amide bonds. The van der Waals surface area contributed by atoms with E-state index in [1.807, 2.05) is 47.8 Å². The van der Waals surface area contributed by atoms with Crippen LogP contribution in [0.3, 0.4) is 0 Å². The van der Waals surface area contributed by atoms with Crippen LogP contribution >= 0.6 is 22.7 Å². The first kappa shape index (κ1) is 16.6. The van der Waals surface area contributed by atoms with Gasteiger partial charge in [-0.2, -0.15) is 0 Å². The van der Waals surface area contributed by atoms with Crippen LogP contribution in [0.2, 0.25) is 0 Å². The number of hydrogen-bond donors (Lipinski definition) is 2. The Hall–Kier alpha value is -2.90. The molecule has 0 aliphatic heterocycles. The normalized spacial score (nSPS) is 11.0. The van der Waals surface area contributed by atoms with E-state index in [9.17, 15) is 4.79 Å². The number of fused-ring (bicyclic) bond motifs is 1. The lowest BCUT2D eigenvalue weighted by molar-refractivity contribution is 0.100. The highest BCUT2D eigenvalue weighted by molar-refractivity contribution is 7.21. The molecule has 0 fully saturated rings. The first-order valence-electron chi connectivity index (χ1n) is 7.79. The molecule has 0 aliphatic rings. The Labute approximate surface area is 157 Å². The van der Waals surface area contributed by atoms with Gasteiger partial charge in [-0.1, -0.05) is 18.2 Å². The molecule has 26 heavy (non-hydrogen) atoms. The predicted octanol–water partition coefficient (Wildman–Crippen LogP) is 4.38. The number of ether oxygens (including phenoxy) is 1. The van der Waals surface area contributed by atoms with Crippen LogP contribution in [-0.4, -0.2) is 18.0 Å². The largest absolute Gasteiger partial charge is 0.497 e. The Bertz CT molecular complexity index is 1100. The summed E-state index contributed by atoms with van der Waals surface area (Å²) in [6.45, 7) is 0. The third-order valence-corrected chi connectivity index (χ3v) is 6.10. The fraction of sp³-hybridized carbons (Fsp3) is 0.0526. The van der Waals surface area contributed by atoms with Crippen molar-refractivity contribution < 1.29 is 9.53 Å². The lowest BCUT2D eigenvalue weighted by Crippen LogP contribution is -2.10. The number of aromatic nitrogens is 1. The van der Waals surface area contributed by atoms with E-state index in [1.165, 1.54) is 11.3 Å². The molecule has 0 saturated carbocycles. The summed E-state index contributed by atoms with van der Waals surface area (Å²) in [5, 5.41) is 2.76. The molecular weight excluding hydrogens is 366 g/mol. The van der Waals surface area contributed by atoms with Gasteiger partial charge >= 0.3 is 0 Å². The summed E-state index contributed by atoms with van der Waals surface area (Å²) in [7, 11) is 1.63. The average molecular weight is 381 g/mol. The molecule has 130 valence electrons. The Morgan fingerprint density at radius 3 is 2.58 bits per heavy atom. The number of rotatable bonds is 4. The molecule has 0 saturated heterocycles. The maximum absolute atomic E-state index is 11.7. The number of amides is 1. The highest BCUT2D eigenvalue weighted by Crippen LogP contribution is 2.41. The molecular formula is C19H15N3O2S2. The lowest BCUT2D eigenvalue weighted by atomic mass is 10.0. The van der Waals surface area contributed by atoms with Crippen molar-refractivity contribution in [1.29, 1.82) is 0 Å². The maximum atomic E-state index is 11.7. The number of thiophene rings is 2. The molecule has 4 aromatic rings. The molecule has 0 spiro atoms. The van der Waals surface area contributed by atoms with Gasteiger partial charge < -0.3 is 16.2 Å². The zero-order valence-electron chi connectivity index (χ0n) is 13.9. The molecule has 1 aromatic carbocycles. The van der Waals surface area contributed by atoms with Crippen molar-refractivity contribution in [3.63, 3.8) is 0 Å². The van der Waals surface area contributed by atoms with Gasteiger partial charge in [-0.05, 0) is 40.8 Å². The molecule has 0 aliphatic carbocycles. The first-order valence-corrected chi connectivity index (χ1v) is 9.49. The van der Waals surface area contributed by atoms with Gasteiger partial charge in [0.25, 0.3) is 5.91 Å². The minimum Gasteiger partial charge on any atom is -0.497 e. The van der Waals surface area contributed by atoms with Gasteiger partial charge in [0.15, 0.2) is 0 Å². The van der Waals surface area contributed by atoms with Gasteiger partial charge in [-0.15, -0.1) is 22.7 Å². The lowest BCUT2D eigenvalue weighted by Gasteiger charge is -2.09. The van der Waals surface area contributed by atoms with E-state index in [-0.39, 0.29) is 0 Å². The van der Waals surface area contributed by atoms with Crippen LogP contribution in [0.4, 0.5) is 5.69 Å². The number of benzene rings is 1. The molecule has 5 nitrogen and oxygen atoms in total. The first-order chi connectivity index (χ1) is 12.6. The number of pyridine rings is 1. The van der Waals surface area contributed by atoms with E-state index < -0.39 is 5.91 Å². The molecule has 0 bridgehead atoms. The zero-order chi connectivity index (χ0) is 18.3. The Morgan fingerprint density at radius 2 is 1.96 bits per heavy atom. The summed E-state index contributed by atoms with van der Waals surface area (Å²) in [5.74, 6) is 0.234. The molecule has 4 N–H and O–H groups in total. The average Bonchev–Trinajstić information content (AvgIpc) is 3.29. The number of nitrogens with two attached hydrogens (primary N) is 2. The van der Waals surface area contributed by atoms with Crippen LogP contribution in [0.15, 0.2) is 47.8 Å². The van der Waals surface area contributed by atoms with E-state index in [2.05, 4.69) is 0 Å². The second-order valence-electron chi connectivity index (χ2n) is 5.65. The highest BCUT2D eigenvalue weighted by Gasteiger charge is 2.20. The van der Waals surface area contributed by atoms with Gasteiger partial charge in [0.1, 0.15) is 15.5 Å². The third kappa shape index (κ3) is 2.71. The summed E-state index contributed by atoms with van der Waals surface area (Å²) in [6, 6.07) is 13.7. The molecule has 0 radical (unpaired) electrons. The van der Waals surface area contributed by atoms with E-state index in [0.29, 0.717) is 15.4 Å². The van der Waals surface area contributed by atoms with E-state index in [1.54, 1.807) is 18.4 Å².